The first-order chi connectivity index (χ1) is 10.6. The van der Waals surface area contributed by atoms with Crippen molar-refractivity contribution in [2.24, 2.45) is 5.73 Å². The summed E-state index contributed by atoms with van der Waals surface area (Å²) in [5.41, 5.74) is 6.37. The molecule has 0 aliphatic carbocycles. The molecule has 0 aromatic heterocycles. The van der Waals surface area contributed by atoms with E-state index in [0.717, 1.165) is 6.42 Å². The molecule has 0 fully saturated rings. The lowest BCUT2D eigenvalue weighted by Crippen LogP contribution is -2.18. The van der Waals surface area contributed by atoms with Gasteiger partial charge in [0.1, 0.15) is 5.75 Å². The van der Waals surface area contributed by atoms with E-state index in [1.807, 2.05) is 6.92 Å². The fourth-order valence-electron chi connectivity index (χ4n) is 1.99. The number of nitrogens with one attached hydrogen (secondary N) is 1. The molecule has 2 aromatic carbocycles. The molecular weight excluding hydrogens is 280 g/mol. The van der Waals surface area contributed by atoms with Crippen LogP contribution in [0.2, 0.25) is 0 Å². The fraction of sp³-hybridized carbons (Fsp3) is 0.176. The summed E-state index contributed by atoms with van der Waals surface area (Å²) in [5.74, 6) is -0.426. The van der Waals surface area contributed by atoms with Crippen LogP contribution >= 0.6 is 0 Å². The minimum atomic E-state index is -0.591. The highest BCUT2D eigenvalue weighted by Gasteiger charge is 2.15. The molecule has 0 saturated carbocycles. The van der Waals surface area contributed by atoms with Gasteiger partial charge in [-0.1, -0.05) is 31.2 Å². The summed E-state index contributed by atoms with van der Waals surface area (Å²) < 4.78 is 5.57. The molecule has 22 heavy (non-hydrogen) atoms. The third-order valence-electron chi connectivity index (χ3n) is 3.03. The molecule has 0 aliphatic rings. The van der Waals surface area contributed by atoms with E-state index in [9.17, 15) is 9.59 Å². The van der Waals surface area contributed by atoms with Crippen molar-refractivity contribution in [2.45, 2.75) is 13.3 Å². The minimum absolute atomic E-state index is 0.266. The molecule has 3 N–H and O–H groups in total. The van der Waals surface area contributed by atoms with E-state index >= 15 is 0 Å². The van der Waals surface area contributed by atoms with Gasteiger partial charge in [0.25, 0.3) is 11.8 Å². The summed E-state index contributed by atoms with van der Waals surface area (Å²) in [4.78, 5) is 23.8. The predicted octanol–water partition coefficient (Wildman–Crippen LogP) is 2.83. The van der Waals surface area contributed by atoms with Gasteiger partial charge in [0.15, 0.2) is 0 Å². The smallest absolute Gasteiger partial charge is 0.259 e. The molecule has 0 atom stereocenters. The lowest BCUT2D eigenvalue weighted by atomic mass is 10.1. The average Bonchev–Trinajstić information content (AvgIpc) is 2.53. The molecule has 0 aliphatic heterocycles. The van der Waals surface area contributed by atoms with Crippen molar-refractivity contribution in [1.29, 1.82) is 0 Å². The van der Waals surface area contributed by atoms with Gasteiger partial charge in [-0.15, -0.1) is 0 Å². The quantitative estimate of drug-likeness (QED) is 0.860. The Kier molecular flexibility index (Phi) is 5.14. The number of ether oxygens (including phenoxy) is 1. The topological polar surface area (TPSA) is 81.4 Å². The zero-order chi connectivity index (χ0) is 15.9. The van der Waals surface area contributed by atoms with Crippen molar-refractivity contribution in [1.82, 2.24) is 0 Å². The van der Waals surface area contributed by atoms with Crippen molar-refractivity contribution in [2.75, 3.05) is 11.9 Å². The number of para-hydroxylation sites is 2. The predicted molar refractivity (Wildman–Crippen MR) is 85.1 cm³/mol. The van der Waals surface area contributed by atoms with E-state index in [2.05, 4.69) is 5.32 Å². The first-order valence-corrected chi connectivity index (χ1v) is 7.05. The SMILES string of the molecule is CCCOc1ccccc1C(=O)Nc1ccccc1C(N)=O. The van der Waals surface area contributed by atoms with E-state index in [1.54, 1.807) is 48.5 Å². The lowest BCUT2D eigenvalue weighted by molar-refractivity contribution is 0.100. The standard InChI is InChI=1S/C17H18N2O3/c1-2-11-22-15-10-6-4-8-13(15)17(21)19-14-9-5-3-7-12(14)16(18)20/h3-10H,2,11H2,1H3,(H2,18,20)(H,19,21). The number of hydrogen-bond donors (Lipinski definition) is 2. The second-order valence-corrected chi connectivity index (χ2v) is 4.71. The van der Waals surface area contributed by atoms with Crippen LogP contribution in [0.1, 0.15) is 34.1 Å². The maximum Gasteiger partial charge on any atom is 0.259 e. The monoisotopic (exact) mass is 298 g/mol. The van der Waals surface area contributed by atoms with Crippen LogP contribution in [0.25, 0.3) is 0 Å². The molecule has 5 heteroatoms. The van der Waals surface area contributed by atoms with Gasteiger partial charge in [-0.3, -0.25) is 9.59 Å². The third kappa shape index (κ3) is 3.63. The molecule has 0 heterocycles. The van der Waals surface area contributed by atoms with Gasteiger partial charge in [-0.05, 0) is 30.7 Å². The average molecular weight is 298 g/mol. The number of primary amides is 1. The Morgan fingerprint density at radius 1 is 1.05 bits per heavy atom. The molecule has 0 spiro atoms. The van der Waals surface area contributed by atoms with E-state index in [-0.39, 0.29) is 11.5 Å². The number of anilines is 1. The Morgan fingerprint density at radius 2 is 1.68 bits per heavy atom. The van der Waals surface area contributed by atoms with Crippen molar-refractivity contribution < 1.29 is 14.3 Å². The van der Waals surface area contributed by atoms with Crippen LogP contribution in [0.15, 0.2) is 48.5 Å². The Bertz CT molecular complexity index is 683. The Morgan fingerprint density at radius 3 is 2.36 bits per heavy atom. The zero-order valence-electron chi connectivity index (χ0n) is 12.3. The van der Waals surface area contributed by atoms with Crippen LogP contribution < -0.4 is 15.8 Å². The number of hydrogen-bond acceptors (Lipinski definition) is 3. The van der Waals surface area contributed by atoms with Gasteiger partial charge in [-0.25, -0.2) is 0 Å². The Labute approximate surface area is 129 Å². The Balaban J connectivity index is 2.25. The maximum atomic E-state index is 12.4. The first kappa shape index (κ1) is 15.6. The number of amides is 2. The van der Waals surface area contributed by atoms with Crippen LogP contribution in [0.4, 0.5) is 5.69 Å². The normalized spacial score (nSPS) is 10.0. The van der Waals surface area contributed by atoms with E-state index in [0.29, 0.717) is 23.6 Å². The van der Waals surface area contributed by atoms with Crippen LogP contribution in [0, 0.1) is 0 Å². The summed E-state index contributed by atoms with van der Waals surface area (Å²) in [6.07, 6.45) is 0.848. The van der Waals surface area contributed by atoms with Crippen LogP contribution in [0.5, 0.6) is 5.75 Å². The van der Waals surface area contributed by atoms with Crippen molar-refractivity contribution in [3.63, 3.8) is 0 Å². The van der Waals surface area contributed by atoms with Crippen LogP contribution in [-0.4, -0.2) is 18.4 Å². The number of carbonyl (C=O) groups is 2. The third-order valence-corrected chi connectivity index (χ3v) is 3.03. The van der Waals surface area contributed by atoms with Gasteiger partial charge < -0.3 is 15.8 Å². The zero-order valence-corrected chi connectivity index (χ0v) is 12.3. The minimum Gasteiger partial charge on any atom is -0.493 e. The summed E-state index contributed by atoms with van der Waals surface area (Å²) >= 11 is 0. The summed E-state index contributed by atoms with van der Waals surface area (Å²) in [6.45, 7) is 2.52. The highest BCUT2D eigenvalue weighted by Crippen LogP contribution is 2.21. The number of nitrogens with two attached hydrogens (primary N) is 1. The number of rotatable bonds is 6. The molecule has 0 unspecified atom stereocenters. The highest BCUT2D eigenvalue weighted by molar-refractivity contribution is 6.09. The summed E-state index contributed by atoms with van der Waals surface area (Å²) in [5, 5.41) is 2.71. The molecule has 2 amide bonds. The van der Waals surface area contributed by atoms with Crippen LogP contribution in [0.3, 0.4) is 0 Å². The maximum absolute atomic E-state index is 12.4. The molecular formula is C17H18N2O3. The molecule has 2 rings (SSSR count). The number of benzene rings is 2. The lowest BCUT2D eigenvalue weighted by Gasteiger charge is -2.12. The molecule has 114 valence electrons. The summed E-state index contributed by atoms with van der Waals surface area (Å²) in [7, 11) is 0. The van der Waals surface area contributed by atoms with Crippen LogP contribution in [-0.2, 0) is 0 Å². The van der Waals surface area contributed by atoms with E-state index in [1.165, 1.54) is 0 Å². The molecule has 0 bridgehead atoms. The van der Waals surface area contributed by atoms with Crippen molar-refractivity contribution in [3.8, 4) is 5.75 Å². The first-order valence-electron chi connectivity index (χ1n) is 7.05. The second-order valence-electron chi connectivity index (χ2n) is 4.71. The van der Waals surface area contributed by atoms with Gasteiger partial charge >= 0.3 is 0 Å². The highest BCUT2D eigenvalue weighted by atomic mass is 16.5. The molecule has 0 radical (unpaired) electrons. The molecule has 2 aromatic rings. The van der Waals surface area contributed by atoms with Crippen molar-refractivity contribution in [3.05, 3.63) is 59.7 Å². The van der Waals surface area contributed by atoms with Gasteiger partial charge in [0.2, 0.25) is 0 Å². The van der Waals surface area contributed by atoms with Gasteiger partial charge in [0.05, 0.1) is 23.4 Å². The van der Waals surface area contributed by atoms with E-state index < -0.39 is 5.91 Å². The molecule has 5 nitrogen and oxygen atoms in total. The van der Waals surface area contributed by atoms with Gasteiger partial charge in [-0.2, -0.15) is 0 Å². The fourth-order valence-corrected chi connectivity index (χ4v) is 1.99. The molecule has 0 saturated heterocycles. The largest absolute Gasteiger partial charge is 0.493 e. The number of carbonyl (C=O) groups excluding carboxylic acids is 2. The Hall–Kier alpha value is -2.82. The second kappa shape index (κ2) is 7.26. The summed E-state index contributed by atoms with van der Waals surface area (Å²) in [6, 6.07) is 13.6. The van der Waals surface area contributed by atoms with E-state index in [4.69, 9.17) is 10.5 Å². The van der Waals surface area contributed by atoms with Crippen molar-refractivity contribution >= 4 is 17.5 Å². The van der Waals surface area contributed by atoms with Gasteiger partial charge in [0, 0.05) is 0 Å².